The molecule has 0 spiro atoms. The minimum absolute atomic E-state index is 0.663. The number of aromatic nitrogens is 2. The summed E-state index contributed by atoms with van der Waals surface area (Å²) in [6, 6.07) is 0. The summed E-state index contributed by atoms with van der Waals surface area (Å²) in [5, 5.41) is 3.22. The zero-order valence-electron chi connectivity index (χ0n) is 13.9. The molecule has 3 heterocycles. The first-order valence-electron chi connectivity index (χ1n) is 8.00. The molecule has 0 amide bonds. The van der Waals surface area contributed by atoms with E-state index in [0.717, 1.165) is 39.2 Å². The third kappa shape index (κ3) is 4.57. The highest BCUT2D eigenvalue weighted by Gasteiger charge is 2.19. The molecule has 5 nitrogen and oxygen atoms in total. The van der Waals surface area contributed by atoms with Gasteiger partial charge < -0.3 is 9.64 Å². The van der Waals surface area contributed by atoms with Crippen molar-refractivity contribution in [2.45, 2.75) is 26.1 Å². The highest BCUT2D eigenvalue weighted by Crippen LogP contribution is 2.23. The van der Waals surface area contributed by atoms with Crippen LogP contribution >= 0.6 is 11.3 Å². The lowest BCUT2D eigenvalue weighted by Gasteiger charge is -2.29. The normalized spacial score (nSPS) is 15.1. The fourth-order valence-electron chi connectivity index (χ4n) is 2.84. The van der Waals surface area contributed by atoms with Gasteiger partial charge in [-0.15, -0.1) is 11.3 Å². The number of fused-ring (bicyclic) bond motifs is 1. The molecule has 2 aromatic heterocycles. The lowest BCUT2D eigenvalue weighted by atomic mass is 9.97. The van der Waals surface area contributed by atoms with Crippen LogP contribution in [0.5, 0.6) is 0 Å². The van der Waals surface area contributed by atoms with Crippen LogP contribution in [0.2, 0.25) is 0 Å². The second kappa shape index (κ2) is 7.97. The van der Waals surface area contributed by atoms with E-state index in [1.807, 2.05) is 24.0 Å². The third-order valence-electron chi connectivity index (χ3n) is 4.09. The van der Waals surface area contributed by atoms with Gasteiger partial charge in [-0.1, -0.05) is 0 Å². The molecule has 124 valence electrons. The van der Waals surface area contributed by atoms with Gasteiger partial charge in [-0.2, -0.15) is 0 Å². The third-order valence-corrected chi connectivity index (χ3v) is 4.86. The van der Waals surface area contributed by atoms with E-state index in [0.29, 0.717) is 6.61 Å². The molecule has 0 bridgehead atoms. The van der Waals surface area contributed by atoms with Gasteiger partial charge in [0.05, 0.1) is 19.8 Å². The predicted molar refractivity (Wildman–Crippen MR) is 92.4 cm³/mol. The maximum absolute atomic E-state index is 5.81. The molecule has 3 rings (SSSR count). The van der Waals surface area contributed by atoms with E-state index < -0.39 is 0 Å². The number of ether oxygens (including phenoxy) is 1. The highest BCUT2D eigenvalue weighted by atomic mass is 32.1. The van der Waals surface area contributed by atoms with Crippen molar-refractivity contribution in [3.05, 3.63) is 45.7 Å². The van der Waals surface area contributed by atoms with Crippen molar-refractivity contribution in [2.24, 2.45) is 0 Å². The summed E-state index contributed by atoms with van der Waals surface area (Å²) in [7, 11) is 4.12. The van der Waals surface area contributed by atoms with Crippen molar-refractivity contribution < 1.29 is 4.74 Å². The predicted octanol–water partition coefficient (Wildman–Crippen LogP) is 2.17. The molecule has 0 N–H and O–H groups in total. The number of pyridine rings is 1. The Morgan fingerprint density at radius 2 is 2.26 bits per heavy atom. The molecular weight excluding hydrogens is 308 g/mol. The fraction of sp³-hybridized carbons (Fsp3) is 0.529. The average molecular weight is 332 g/mol. The second-order valence-electron chi connectivity index (χ2n) is 6.18. The van der Waals surface area contributed by atoms with Gasteiger partial charge in [0.2, 0.25) is 0 Å². The number of thiazole rings is 1. The van der Waals surface area contributed by atoms with E-state index in [4.69, 9.17) is 4.74 Å². The molecule has 1 aliphatic rings. The lowest BCUT2D eigenvalue weighted by molar-refractivity contribution is 0.104. The van der Waals surface area contributed by atoms with Gasteiger partial charge >= 0.3 is 0 Å². The zero-order chi connectivity index (χ0) is 16.1. The number of rotatable bonds is 7. The van der Waals surface area contributed by atoms with Crippen molar-refractivity contribution in [1.29, 1.82) is 0 Å². The Bertz CT molecular complexity index is 615. The Balaban J connectivity index is 1.59. The van der Waals surface area contributed by atoms with Crippen molar-refractivity contribution >= 4 is 11.3 Å². The number of hydrogen-bond donors (Lipinski definition) is 0. The van der Waals surface area contributed by atoms with Crippen LogP contribution in [-0.4, -0.2) is 53.6 Å². The maximum atomic E-state index is 5.81. The molecule has 0 fully saturated rings. The van der Waals surface area contributed by atoms with E-state index in [-0.39, 0.29) is 0 Å². The Labute approximate surface area is 141 Å². The summed E-state index contributed by atoms with van der Waals surface area (Å²) >= 11 is 1.72. The molecule has 0 aromatic carbocycles. The SMILES string of the molecule is CN(C)CCOCc1cncc2c1CCN(Cc1nccs1)C2. The van der Waals surface area contributed by atoms with Crippen LogP contribution in [-0.2, 0) is 30.9 Å². The molecule has 2 aromatic rings. The minimum Gasteiger partial charge on any atom is -0.375 e. The minimum atomic E-state index is 0.663. The Morgan fingerprint density at radius 1 is 1.35 bits per heavy atom. The van der Waals surface area contributed by atoms with Gasteiger partial charge in [0.1, 0.15) is 5.01 Å². The Kier molecular flexibility index (Phi) is 5.72. The molecule has 0 atom stereocenters. The number of likely N-dealkylation sites (N-methyl/N-ethyl adjacent to an activating group) is 1. The first-order chi connectivity index (χ1) is 11.2. The molecule has 0 saturated heterocycles. The monoisotopic (exact) mass is 332 g/mol. The van der Waals surface area contributed by atoms with Crippen LogP contribution in [0.15, 0.2) is 24.0 Å². The van der Waals surface area contributed by atoms with Crippen molar-refractivity contribution in [3.63, 3.8) is 0 Å². The molecule has 0 saturated carbocycles. The van der Waals surface area contributed by atoms with Crippen molar-refractivity contribution in [2.75, 3.05) is 33.8 Å². The van der Waals surface area contributed by atoms with E-state index in [2.05, 4.69) is 33.9 Å². The van der Waals surface area contributed by atoms with Crippen LogP contribution in [0.1, 0.15) is 21.7 Å². The summed E-state index contributed by atoms with van der Waals surface area (Å²) in [4.78, 5) is 13.4. The molecule has 0 radical (unpaired) electrons. The highest BCUT2D eigenvalue weighted by molar-refractivity contribution is 7.09. The lowest BCUT2D eigenvalue weighted by Crippen LogP contribution is -2.31. The van der Waals surface area contributed by atoms with Crippen LogP contribution in [0, 0.1) is 0 Å². The van der Waals surface area contributed by atoms with E-state index >= 15 is 0 Å². The molecule has 23 heavy (non-hydrogen) atoms. The Morgan fingerprint density at radius 3 is 3.04 bits per heavy atom. The van der Waals surface area contributed by atoms with Crippen LogP contribution in [0.25, 0.3) is 0 Å². The Hall–Kier alpha value is -1.34. The van der Waals surface area contributed by atoms with Gasteiger partial charge in [0.15, 0.2) is 0 Å². The smallest absolute Gasteiger partial charge is 0.107 e. The number of nitrogens with zero attached hydrogens (tertiary/aromatic N) is 4. The standard InChI is InChI=1S/C17H24N4OS/c1-20(2)6-7-22-13-15-10-18-9-14-11-21(5-3-16(14)15)12-17-19-4-8-23-17/h4,8-10H,3,5-7,11-13H2,1-2H3. The summed E-state index contributed by atoms with van der Waals surface area (Å²) in [5.74, 6) is 0. The van der Waals surface area contributed by atoms with Crippen molar-refractivity contribution in [3.8, 4) is 0 Å². The largest absolute Gasteiger partial charge is 0.375 e. The van der Waals surface area contributed by atoms with Crippen LogP contribution in [0.3, 0.4) is 0 Å². The first kappa shape index (κ1) is 16.5. The van der Waals surface area contributed by atoms with E-state index in [1.54, 1.807) is 11.3 Å². The molecule has 1 aliphatic heterocycles. The average Bonchev–Trinajstić information content (AvgIpc) is 3.04. The van der Waals surface area contributed by atoms with Gasteiger partial charge in [-0.3, -0.25) is 9.88 Å². The quantitative estimate of drug-likeness (QED) is 0.727. The summed E-state index contributed by atoms with van der Waals surface area (Å²) in [6.45, 7) is 5.32. The van der Waals surface area contributed by atoms with Crippen LogP contribution in [0.4, 0.5) is 0 Å². The van der Waals surface area contributed by atoms with Gasteiger partial charge in [0.25, 0.3) is 0 Å². The second-order valence-corrected chi connectivity index (χ2v) is 7.16. The summed E-state index contributed by atoms with van der Waals surface area (Å²) < 4.78 is 5.81. The molecule has 6 heteroatoms. The van der Waals surface area contributed by atoms with E-state index in [1.165, 1.54) is 21.7 Å². The number of hydrogen-bond acceptors (Lipinski definition) is 6. The van der Waals surface area contributed by atoms with Gasteiger partial charge in [-0.25, -0.2) is 4.98 Å². The molecule has 0 aliphatic carbocycles. The van der Waals surface area contributed by atoms with E-state index in [9.17, 15) is 0 Å². The summed E-state index contributed by atoms with van der Waals surface area (Å²) in [5.41, 5.74) is 4.01. The van der Waals surface area contributed by atoms with Gasteiger partial charge in [-0.05, 0) is 37.2 Å². The first-order valence-corrected chi connectivity index (χ1v) is 8.88. The maximum Gasteiger partial charge on any atom is 0.107 e. The zero-order valence-corrected chi connectivity index (χ0v) is 14.7. The topological polar surface area (TPSA) is 41.5 Å². The van der Waals surface area contributed by atoms with Gasteiger partial charge in [0, 0.05) is 43.6 Å². The summed E-state index contributed by atoms with van der Waals surface area (Å²) in [6.07, 6.45) is 6.91. The van der Waals surface area contributed by atoms with Crippen molar-refractivity contribution in [1.82, 2.24) is 19.8 Å². The fourth-order valence-corrected chi connectivity index (χ4v) is 3.50. The molecular formula is C17H24N4OS. The van der Waals surface area contributed by atoms with Crippen LogP contribution < -0.4 is 0 Å². The molecule has 0 unspecified atom stereocenters.